The first kappa shape index (κ1) is 16.3. The first-order valence-corrected chi connectivity index (χ1v) is 8.36. The van der Waals surface area contributed by atoms with Crippen LogP contribution in [0.25, 0.3) is 11.6 Å². The molecule has 0 aromatic heterocycles. The van der Waals surface area contributed by atoms with E-state index in [0.717, 1.165) is 42.4 Å². The second-order valence-corrected chi connectivity index (χ2v) is 6.07. The fourth-order valence-electron chi connectivity index (χ4n) is 3.35. The lowest BCUT2D eigenvalue weighted by atomic mass is 9.77. The normalized spacial score (nSPS) is 18.5. The highest BCUT2D eigenvalue weighted by Crippen LogP contribution is 2.39. The molecular formula is C22H22O2. The molecule has 0 spiro atoms. The molecule has 0 radical (unpaired) electrons. The van der Waals surface area contributed by atoms with E-state index in [1.807, 2.05) is 24.3 Å². The summed E-state index contributed by atoms with van der Waals surface area (Å²) in [5.41, 5.74) is 4.79. The van der Waals surface area contributed by atoms with E-state index in [0.29, 0.717) is 5.92 Å². The number of fused-ring (bicyclic) bond motifs is 1. The van der Waals surface area contributed by atoms with Crippen molar-refractivity contribution >= 4 is 17.9 Å². The summed E-state index contributed by atoms with van der Waals surface area (Å²) < 4.78 is 5.35. The maximum atomic E-state index is 11.2. The highest BCUT2D eigenvalue weighted by Gasteiger charge is 2.23. The number of aryl methyl sites for hydroxylation is 1. The van der Waals surface area contributed by atoms with Gasteiger partial charge in [0.2, 0.25) is 0 Å². The van der Waals surface area contributed by atoms with Gasteiger partial charge in [-0.2, -0.15) is 0 Å². The van der Waals surface area contributed by atoms with E-state index in [1.54, 1.807) is 13.2 Å². The molecule has 1 aliphatic rings. The van der Waals surface area contributed by atoms with Gasteiger partial charge in [-0.15, -0.1) is 0 Å². The minimum atomic E-state index is 0.370. The van der Waals surface area contributed by atoms with Gasteiger partial charge in [0.05, 0.1) is 7.11 Å². The third-order valence-electron chi connectivity index (χ3n) is 4.61. The van der Waals surface area contributed by atoms with E-state index in [4.69, 9.17) is 4.74 Å². The summed E-state index contributed by atoms with van der Waals surface area (Å²) in [6.07, 6.45) is 10.0. The van der Waals surface area contributed by atoms with Crippen molar-refractivity contribution in [1.29, 1.82) is 0 Å². The number of rotatable bonds is 5. The minimum absolute atomic E-state index is 0.370. The molecule has 0 heterocycles. The molecule has 24 heavy (non-hydrogen) atoms. The van der Waals surface area contributed by atoms with Gasteiger partial charge in [0.15, 0.2) is 0 Å². The molecule has 122 valence electrons. The summed E-state index contributed by atoms with van der Waals surface area (Å²) in [5, 5.41) is 0. The van der Waals surface area contributed by atoms with Crippen molar-refractivity contribution in [2.45, 2.75) is 19.3 Å². The number of hydrogen-bond donors (Lipinski definition) is 0. The Morgan fingerprint density at radius 1 is 1.17 bits per heavy atom. The Kier molecular flexibility index (Phi) is 5.27. The van der Waals surface area contributed by atoms with Crippen LogP contribution in [0.3, 0.4) is 0 Å². The molecular weight excluding hydrogens is 296 g/mol. The van der Waals surface area contributed by atoms with Crippen molar-refractivity contribution in [2.24, 2.45) is 5.92 Å². The van der Waals surface area contributed by atoms with Crippen LogP contribution >= 0.6 is 0 Å². The fourth-order valence-corrected chi connectivity index (χ4v) is 3.35. The Balaban J connectivity index is 1.82. The van der Waals surface area contributed by atoms with Crippen LogP contribution in [-0.2, 0) is 11.2 Å². The minimum Gasteiger partial charge on any atom is -0.497 e. The molecule has 2 aromatic rings. The van der Waals surface area contributed by atoms with Crippen LogP contribution in [0.4, 0.5) is 0 Å². The lowest BCUT2D eigenvalue weighted by molar-refractivity contribution is -0.104. The van der Waals surface area contributed by atoms with E-state index >= 15 is 0 Å². The molecule has 0 aliphatic heterocycles. The van der Waals surface area contributed by atoms with Crippen LogP contribution in [0.1, 0.15) is 29.5 Å². The van der Waals surface area contributed by atoms with Crippen molar-refractivity contribution in [3.05, 3.63) is 77.4 Å². The number of ether oxygens (including phenoxy) is 1. The van der Waals surface area contributed by atoms with Gasteiger partial charge in [-0.25, -0.2) is 0 Å². The molecule has 0 unspecified atom stereocenters. The Bertz CT molecular complexity index is 757. The van der Waals surface area contributed by atoms with Crippen LogP contribution in [0.15, 0.2) is 60.7 Å². The maximum Gasteiger partial charge on any atom is 0.143 e. The molecule has 0 amide bonds. The van der Waals surface area contributed by atoms with E-state index in [1.165, 1.54) is 11.1 Å². The molecule has 0 saturated carbocycles. The number of methoxy groups -OCH3 is 1. The van der Waals surface area contributed by atoms with Crippen LogP contribution in [0, 0.1) is 5.92 Å². The summed E-state index contributed by atoms with van der Waals surface area (Å²) in [4.78, 5) is 11.2. The van der Waals surface area contributed by atoms with Crippen LogP contribution in [0.2, 0.25) is 0 Å². The summed E-state index contributed by atoms with van der Waals surface area (Å²) in [7, 11) is 1.67. The zero-order valence-corrected chi connectivity index (χ0v) is 13.9. The molecule has 1 atom stereocenters. The van der Waals surface area contributed by atoms with Crippen molar-refractivity contribution in [3.63, 3.8) is 0 Å². The summed E-state index contributed by atoms with van der Waals surface area (Å²) >= 11 is 0. The number of hydrogen-bond acceptors (Lipinski definition) is 2. The number of carbonyl (C=O) groups is 1. The van der Waals surface area contributed by atoms with Gasteiger partial charge in [-0.3, -0.25) is 4.79 Å². The fraction of sp³-hybridized carbons (Fsp3) is 0.227. The van der Waals surface area contributed by atoms with Crippen LogP contribution in [0.5, 0.6) is 5.75 Å². The summed E-state index contributed by atoms with van der Waals surface area (Å²) in [5.74, 6) is 1.21. The lowest BCUT2D eigenvalue weighted by Crippen LogP contribution is -2.13. The Morgan fingerprint density at radius 2 is 2.00 bits per heavy atom. The molecule has 0 bridgehead atoms. The largest absolute Gasteiger partial charge is 0.497 e. The summed E-state index contributed by atoms with van der Waals surface area (Å²) in [6, 6.07) is 16.5. The topological polar surface area (TPSA) is 26.3 Å². The smallest absolute Gasteiger partial charge is 0.143 e. The molecule has 0 fully saturated rings. The van der Waals surface area contributed by atoms with Gasteiger partial charge >= 0.3 is 0 Å². The van der Waals surface area contributed by atoms with Gasteiger partial charge < -0.3 is 4.74 Å². The van der Waals surface area contributed by atoms with Gasteiger partial charge in [0, 0.05) is 0 Å². The molecule has 0 saturated heterocycles. The van der Waals surface area contributed by atoms with E-state index in [2.05, 4.69) is 36.4 Å². The monoisotopic (exact) mass is 318 g/mol. The zero-order valence-electron chi connectivity index (χ0n) is 13.9. The molecule has 0 N–H and O–H groups in total. The van der Waals surface area contributed by atoms with Gasteiger partial charge in [0.25, 0.3) is 0 Å². The third kappa shape index (κ3) is 3.65. The molecule has 3 rings (SSSR count). The van der Waals surface area contributed by atoms with Crippen molar-refractivity contribution < 1.29 is 9.53 Å². The van der Waals surface area contributed by atoms with Crippen molar-refractivity contribution in [2.75, 3.05) is 7.11 Å². The first-order chi connectivity index (χ1) is 11.8. The second-order valence-electron chi connectivity index (χ2n) is 6.07. The lowest BCUT2D eigenvalue weighted by Gasteiger charge is -2.27. The highest BCUT2D eigenvalue weighted by atomic mass is 16.5. The van der Waals surface area contributed by atoms with Crippen molar-refractivity contribution in [3.8, 4) is 5.75 Å². The third-order valence-corrected chi connectivity index (χ3v) is 4.61. The van der Waals surface area contributed by atoms with Gasteiger partial charge in [-0.05, 0) is 65.7 Å². The predicted octanol–water partition coefficient (Wildman–Crippen LogP) is 4.94. The standard InChI is InChI=1S/C22H22O2/c1-24-20-13-12-19-11-10-18(21(14-15-23)22(19)16-20)9-5-8-17-6-3-2-4-7-17/h2-8,12-16,18H,9-11H2,1H3/b8-5+,21-14+/t18-/m1/s1. The number of benzene rings is 2. The van der Waals surface area contributed by atoms with E-state index in [-0.39, 0.29) is 0 Å². The highest BCUT2D eigenvalue weighted by molar-refractivity contribution is 5.84. The molecule has 2 heteroatoms. The van der Waals surface area contributed by atoms with Gasteiger partial charge in [-0.1, -0.05) is 48.6 Å². The first-order valence-electron chi connectivity index (χ1n) is 8.36. The van der Waals surface area contributed by atoms with E-state index in [9.17, 15) is 4.79 Å². The number of carbonyl (C=O) groups excluding carboxylic acids is 1. The Labute approximate surface area is 143 Å². The average molecular weight is 318 g/mol. The van der Waals surface area contributed by atoms with Crippen molar-refractivity contribution in [1.82, 2.24) is 0 Å². The number of aldehydes is 1. The second kappa shape index (κ2) is 7.78. The number of allylic oxidation sites excluding steroid dienone is 3. The predicted molar refractivity (Wildman–Crippen MR) is 98.9 cm³/mol. The van der Waals surface area contributed by atoms with E-state index < -0.39 is 0 Å². The van der Waals surface area contributed by atoms with Crippen LogP contribution in [-0.4, -0.2) is 13.4 Å². The Hall–Kier alpha value is -2.61. The summed E-state index contributed by atoms with van der Waals surface area (Å²) in [6.45, 7) is 0. The zero-order chi connectivity index (χ0) is 16.8. The quantitative estimate of drug-likeness (QED) is 0.576. The molecule has 1 aliphatic carbocycles. The average Bonchev–Trinajstić information content (AvgIpc) is 2.64. The van der Waals surface area contributed by atoms with Gasteiger partial charge in [0.1, 0.15) is 12.0 Å². The maximum absolute atomic E-state index is 11.2. The molecule has 2 aromatic carbocycles. The van der Waals surface area contributed by atoms with Crippen LogP contribution < -0.4 is 4.74 Å². The molecule has 2 nitrogen and oxygen atoms in total. The SMILES string of the molecule is COc1ccc2c(c1)/C(=C/C=O)[C@H](C/C=C/c1ccccc1)CC2. The Morgan fingerprint density at radius 3 is 2.75 bits per heavy atom.